The van der Waals surface area contributed by atoms with Gasteiger partial charge in [-0.15, -0.1) is 0 Å². The van der Waals surface area contributed by atoms with Crippen molar-refractivity contribution in [3.8, 4) is 0 Å². The average Bonchev–Trinajstić information content (AvgIpc) is 2.45. The van der Waals surface area contributed by atoms with Crippen molar-refractivity contribution in [2.45, 2.75) is 34.6 Å². The zero-order valence-corrected chi connectivity index (χ0v) is 13.8. The fraction of sp³-hybridized carbons (Fsp3) is 0.294. The van der Waals surface area contributed by atoms with Crippen LogP contribution in [0.5, 0.6) is 0 Å². The number of rotatable bonds is 0. The fourth-order valence-corrected chi connectivity index (χ4v) is 1.70. The van der Waals surface area contributed by atoms with Gasteiger partial charge in [0.25, 0.3) is 0 Å². The van der Waals surface area contributed by atoms with Gasteiger partial charge in [0, 0.05) is 10.0 Å². The standard InChI is InChI=1S/C8H8Cl2.C7H8.C2H6/c1-5-3-4-7(9)6(2)8(5)10;1-7-5-3-2-4-6-7;1-2/h3-4H,1-2H3;2-6H,1H3;1-2H3. The van der Waals surface area contributed by atoms with E-state index in [2.05, 4.69) is 19.1 Å². The van der Waals surface area contributed by atoms with Crippen molar-refractivity contribution in [1.82, 2.24) is 0 Å². The largest absolute Gasteiger partial charge is 0.0840 e. The predicted molar refractivity (Wildman–Crippen MR) is 88.5 cm³/mol. The molecular formula is C17H22Cl2. The van der Waals surface area contributed by atoms with Crippen molar-refractivity contribution in [3.05, 3.63) is 69.2 Å². The Kier molecular flexibility index (Phi) is 9.38. The molecule has 0 saturated carbocycles. The number of hydrogen-bond acceptors (Lipinski definition) is 0. The minimum atomic E-state index is 0.732. The summed E-state index contributed by atoms with van der Waals surface area (Å²) < 4.78 is 0. The topological polar surface area (TPSA) is 0 Å². The fourth-order valence-electron chi connectivity index (χ4n) is 1.33. The first kappa shape index (κ1) is 18.0. The first-order valence-electron chi connectivity index (χ1n) is 6.45. The third-order valence-electron chi connectivity index (χ3n) is 2.45. The molecular weight excluding hydrogens is 275 g/mol. The minimum absolute atomic E-state index is 0.732. The first-order valence-corrected chi connectivity index (χ1v) is 7.21. The van der Waals surface area contributed by atoms with Gasteiger partial charge in [-0.05, 0) is 38.0 Å². The Hall–Kier alpha value is -0.980. The van der Waals surface area contributed by atoms with Crippen LogP contribution in [0.25, 0.3) is 0 Å². The average molecular weight is 297 g/mol. The summed E-state index contributed by atoms with van der Waals surface area (Å²) in [6.45, 7) is 9.96. The van der Waals surface area contributed by atoms with Crippen LogP contribution in [0.15, 0.2) is 42.5 Å². The van der Waals surface area contributed by atoms with Crippen molar-refractivity contribution >= 4 is 23.2 Å². The maximum Gasteiger partial charge on any atom is 0.0479 e. The Labute approximate surface area is 127 Å². The molecule has 0 aromatic heterocycles. The van der Waals surface area contributed by atoms with Gasteiger partial charge in [0.05, 0.1) is 0 Å². The summed E-state index contributed by atoms with van der Waals surface area (Å²) in [6.07, 6.45) is 0. The molecule has 0 aliphatic heterocycles. The SMILES string of the molecule is CC.Cc1ccc(Cl)c(C)c1Cl.Cc1ccccc1. The molecule has 2 heteroatoms. The highest BCUT2D eigenvalue weighted by Gasteiger charge is 2.01. The van der Waals surface area contributed by atoms with Crippen LogP contribution in [0.1, 0.15) is 30.5 Å². The van der Waals surface area contributed by atoms with Gasteiger partial charge >= 0.3 is 0 Å². The van der Waals surface area contributed by atoms with E-state index in [0.717, 1.165) is 21.2 Å². The van der Waals surface area contributed by atoms with Gasteiger partial charge in [0.1, 0.15) is 0 Å². The summed E-state index contributed by atoms with van der Waals surface area (Å²) in [6, 6.07) is 14.0. The number of benzene rings is 2. The Balaban J connectivity index is 0.000000316. The molecule has 0 spiro atoms. The lowest BCUT2D eigenvalue weighted by atomic mass is 10.2. The molecule has 0 saturated heterocycles. The number of aryl methyl sites for hydroxylation is 2. The quantitative estimate of drug-likeness (QED) is 0.512. The highest BCUT2D eigenvalue weighted by molar-refractivity contribution is 6.36. The highest BCUT2D eigenvalue weighted by Crippen LogP contribution is 2.26. The minimum Gasteiger partial charge on any atom is -0.0840 e. The number of halogens is 2. The van der Waals surface area contributed by atoms with Gasteiger partial charge in [-0.25, -0.2) is 0 Å². The molecule has 0 fully saturated rings. The molecule has 0 N–H and O–H groups in total. The summed E-state index contributed by atoms with van der Waals surface area (Å²) >= 11 is 11.7. The molecule has 0 nitrogen and oxygen atoms in total. The van der Waals surface area contributed by atoms with E-state index in [-0.39, 0.29) is 0 Å². The maximum absolute atomic E-state index is 5.90. The maximum atomic E-state index is 5.90. The second-order valence-corrected chi connectivity index (χ2v) is 4.74. The Morgan fingerprint density at radius 1 is 0.737 bits per heavy atom. The summed E-state index contributed by atoms with van der Waals surface area (Å²) in [7, 11) is 0. The van der Waals surface area contributed by atoms with E-state index in [0.29, 0.717) is 0 Å². The molecule has 0 bridgehead atoms. The van der Waals surface area contributed by atoms with E-state index in [9.17, 15) is 0 Å². The lowest BCUT2D eigenvalue weighted by molar-refractivity contribution is 1.38. The van der Waals surface area contributed by atoms with Gasteiger partial charge in [0.15, 0.2) is 0 Å². The van der Waals surface area contributed by atoms with Crippen LogP contribution in [0.4, 0.5) is 0 Å². The molecule has 2 aromatic rings. The van der Waals surface area contributed by atoms with Gasteiger partial charge in [-0.2, -0.15) is 0 Å². The smallest absolute Gasteiger partial charge is 0.0479 e. The Bertz CT molecular complexity index is 449. The van der Waals surface area contributed by atoms with Crippen LogP contribution in [0.3, 0.4) is 0 Å². The molecule has 2 aromatic carbocycles. The number of hydrogen-bond donors (Lipinski definition) is 0. The van der Waals surface area contributed by atoms with Gasteiger partial charge < -0.3 is 0 Å². The summed E-state index contributed by atoms with van der Waals surface area (Å²) in [4.78, 5) is 0. The van der Waals surface area contributed by atoms with Crippen LogP contribution >= 0.6 is 23.2 Å². The molecule has 0 heterocycles. The lowest BCUT2D eigenvalue weighted by Crippen LogP contribution is -1.80. The molecule has 0 aliphatic rings. The molecule has 0 aliphatic carbocycles. The van der Waals surface area contributed by atoms with E-state index < -0.39 is 0 Å². The Morgan fingerprint density at radius 2 is 1.26 bits per heavy atom. The molecule has 19 heavy (non-hydrogen) atoms. The first-order chi connectivity index (χ1) is 9.02. The zero-order valence-electron chi connectivity index (χ0n) is 12.3. The monoisotopic (exact) mass is 296 g/mol. The highest BCUT2D eigenvalue weighted by atomic mass is 35.5. The zero-order chi connectivity index (χ0) is 14.8. The molecule has 0 atom stereocenters. The van der Waals surface area contributed by atoms with Crippen LogP contribution in [0, 0.1) is 20.8 Å². The molecule has 2 rings (SSSR count). The van der Waals surface area contributed by atoms with Crippen LogP contribution in [-0.4, -0.2) is 0 Å². The van der Waals surface area contributed by atoms with Crippen molar-refractivity contribution < 1.29 is 0 Å². The van der Waals surface area contributed by atoms with Crippen molar-refractivity contribution in [3.63, 3.8) is 0 Å². The predicted octanol–water partition coefficient (Wildman–Crippen LogP) is 6.63. The summed E-state index contributed by atoms with van der Waals surface area (Å²) in [5.74, 6) is 0. The van der Waals surface area contributed by atoms with E-state index in [1.165, 1.54) is 5.56 Å². The van der Waals surface area contributed by atoms with Gasteiger partial charge in [-0.1, -0.05) is 79.0 Å². The van der Waals surface area contributed by atoms with Crippen LogP contribution in [0.2, 0.25) is 10.0 Å². The van der Waals surface area contributed by atoms with Crippen LogP contribution < -0.4 is 0 Å². The van der Waals surface area contributed by atoms with E-state index in [1.54, 1.807) is 0 Å². The second kappa shape index (κ2) is 9.89. The summed E-state index contributed by atoms with van der Waals surface area (Å²) in [5, 5.41) is 1.50. The normalized spacial score (nSPS) is 8.79. The lowest BCUT2D eigenvalue weighted by Gasteiger charge is -2.02. The molecule has 0 amide bonds. The van der Waals surface area contributed by atoms with Crippen molar-refractivity contribution in [2.75, 3.05) is 0 Å². The van der Waals surface area contributed by atoms with E-state index >= 15 is 0 Å². The van der Waals surface area contributed by atoms with Crippen LogP contribution in [-0.2, 0) is 0 Å². The Morgan fingerprint density at radius 3 is 1.63 bits per heavy atom. The van der Waals surface area contributed by atoms with Gasteiger partial charge in [-0.3, -0.25) is 0 Å². The summed E-state index contributed by atoms with van der Waals surface area (Å²) in [5.41, 5.74) is 3.36. The van der Waals surface area contributed by atoms with E-state index in [4.69, 9.17) is 23.2 Å². The van der Waals surface area contributed by atoms with Gasteiger partial charge in [0.2, 0.25) is 0 Å². The van der Waals surface area contributed by atoms with E-state index in [1.807, 2.05) is 58.0 Å². The van der Waals surface area contributed by atoms with Crippen molar-refractivity contribution in [1.29, 1.82) is 0 Å². The van der Waals surface area contributed by atoms with Crippen molar-refractivity contribution in [2.24, 2.45) is 0 Å². The third kappa shape index (κ3) is 6.66. The molecule has 104 valence electrons. The second-order valence-electron chi connectivity index (χ2n) is 3.96. The molecule has 0 unspecified atom stereocenters. The molecule has 0 radical (unpaired) electrons. The third-order valence-corrected chi connectivity index (χ3v) is 3.44.